The molecule has 1 aromatic carbocycles. The number of rotatable bonds is 8. The van der Waals surface area contributed by atoms with Gasteiger partial charge in [-0.15, -0.1) is 5.10 Å². The lowest BCUT2D eigenvalue weighted by molar-refractivity contribution is 0.0687. The number of benzene rings is 1. The van der Waals surface area contributed by atoms with Crippen molar-refractivity contribution in [1.29, 1.82) is 0 Å². The molecule has 2 heterocycles. The number of anilines is 2. The Morgan fingerprint density at radius 1 is 1.24 bits per heavy atom. The fraction of sp³-hybridized carbons (Fsp3) is 0.350. The smallest absolute Gasteiger partial charge is 0.356 e. The number of carboxylic acids is 1. The molecule has 0 unspecified atom stereocenters. The summed E-state index contributed by atoms with van der Waals surface area (Å²) < 4.78 is 6.95. The summed E-state index contributed by atoms with van der Waals surface area (Å²) in [5, 5.41) is 26.2. The van der Waals surface area contributed by atoms with Gasteiger partial charge >= 0.3 is 12.0 Å². The second-order valence-electron chi connectivity index (χ2n) is 7.48. The first-order valence-corrected chi connectivity index (χ1v) is 11.9. The quantitative estimate of drug-likeness (QED) is 0.388. The minimum atomic E-state index is -1.25. The number of carbonyl (C=O) groups is 3. The number of carboxylic acid groups (broad SMARTS) is 1. The van der Waals surface area contributed by atoms with Gasteiger partial charge in [-0.25, -0.2) is 19.3 Å². The molecule has 1 aliphatic rings. The molecule has 2 aromatic heterocycles. The Kier molecular flexibility index (Phi) is 7.07. The Balaban J connectivity index is 1.52. The number of hydrogen-bond donors (Lipinski definition) is 3. The van der Waals surface area contributed by atoms with Gasteiger partial charge in [0.1, 0.15) is 9.96 Å². The van der Waals surface area contributed by atoms with Crippen LogP contribution in [0.5, 0.6) is 5.75 Å². The number of ketones is 1. The van der Waals surface area contributed by atoms with Crippen molar-refractivity contribution in [2.75, 3.05) is 17.7 Å². The maximum absolute atomic E-state index is 13.1. The maximum Gasteiger partial charge on any atom is 0.356 e. The van der Waals surface area contributed by atoms with Gasteiger partial charge < -0.3 is 15.2 Å². The number of ether oxygens (including phenoxy) is 1. The number of thiazole rings is 1. The van der Waals surface area contributed by atoms with Crippen molar-refractivity contribution in [2.45, 2.75) is 35.0 Å². The summed E-state index contributed by atoms with van der Waals surface area (Å²) in [4.78, 5) is 41.4. The van der Waals surface area contributed by atoms with Crippen molar-refractivity contribution in [3.63, 3.8) is 0 Å². The van der Waals surface area contributed by atoms with Gasteiger partial charge in [-0.05, 0) is 53.2 Å². The molecule has 0 spiro atoms. The van der Waals surface area contributed by atoms with Crippen LogP contribution in [-0.2, 0) is 7.05 Å². The predicted octanol–water partition coefficient (Wildman–Crippen LogP) is 3.54. The molecule has 1 aliphatic carbocycles. The number of carbonyl (C=O) groups excluding carboxylic acids is 2. The van der Waals surface area contributed by atoms with E-state index in [4.69, 9.17) is 4.74 Å². The van der Waals surface area contributed by atoms with E-state index in [1.54, 1.807) is 25.2 Å². The van der Waals surface area contributed by atoms with Crippen LogP contribution in [0.25, 0.3) is 0 Å². The van der Waals surface area contributed by atoms with Gasteiger partial charge in [0.05, 0.1) is 12.8 Å². The fourth-order valence-electron chi connectivity index (χ4n) is 3.58. The van der Waals surface area contributed by atoms with Crippen LogP contribution in [0.3, 0.4) is 0 Å². The number of aryl methyl sites for hydroxylation is 1. The van der Waals surface area contributed by atoms with Gasteiger partial charge in [0.2, 0.25) is 5.16 Å². The molecule has 1 fully saturated rings. The van der Waals surface area contributed by atoms with Gasteiger partial charge in [-0.2, -0.15) is 0 Å². The highest BCUT2D eigenvalue weighted by Gasteiger charge is 2.27. The first kappa shape index (κ1) is 23.6. The van der Waals surface area contributed by atoms with E-state index in [1.165, 1.54) is 11.8 Å². The molecule has 3 aromatic rings. The largest absolute Gasteiger partial charge is 0.497 e. The third-order valence-corrected chi connectivity index (χ3v) is 7.42. The average molecular weight is 504 g/mol. The first-order valence-electron chi connectivity index (χ1n) is 10.3. The highest BCUT2D eigenvalue weighted by Crippen LogP contribution is 2.36. The summed E-state index contributed by atoms with van der Waals surface area (Å²) in [6, 6.07) is 4.21. The Morgan fingerprint density at radius 2 is 2.00 bits per heavy atom. The SMILES string of the molecule is COc1ccc(NC(=O)Nc2nc(C(=O)O)c(Sc3nnnn3C)s2)c(C(=O)C2CCCC2)c1. The molecule has 14 heteroatoms. The van der Waals surface area contributed by atoms with Crippen LogP contribution in [0, 0.1) is 5.92 Å². The molecule has 1 saturated carbocycles. The van der Waals surface area contributed by atoms with E-state index < -0.39 is 12.0 Å². The number of urea groups is 1. The number of methoxy groups -OCH3 is 1. The zero-order chi connectivity index (χ0) is 24.2. The molecule has 34 heavy (non-hydrogen) atoms. The lowest BCUT2D eigenvalue weighted by atomic mass is 9.95. The summed E-state index contributed by atoms with van der Waals surface area (Å²) in [6.07, 6.45) is 3.65. The van der Waals surface area contributed by atoms with Crippen molar-refractivity contribution in [2.24, 2.45) is 13.0 Å². The van der Waals surface area contributed by atoms with E-state index in [9.17, 15) is 19.5 Å². The molecule has 2 amide bonds. The summed E-state index contributed by atoms with van der Waals surface area (Å²) >= 11 is 2.00. The highest BCUT2D eigenvalue weighted by atomic mass is 32.2. The number of tetrazole rings is 1. The zero-order valence-corrected chi connectivity index (χ0v) is 19.9. The summed E-state index contributed by atoms with van der Waals surface area (Å²) in [5.74, 6) is -0.854. The number of amides is 2. The van der Waals surface area contributed by atoms with Gasteiger partial charge in [-0.1, -0.05) is 24.2 Å². The van der Waals surface area contributed by atoms with Crippen molar-refractivity contribution in [3.05, 3.63) is 29.5 Å². The van der Waals surface area contributed by atoms with Crippen LogP contribution in [0.1, 0.15) is 46.5 Å². The third kappa shape index (κ3) is 5.17. The maximum atomic E-state index is 13.1. The van der Waals surface area contributed by atoms with Crippen LogP contribution >= 0.6 is 23.1 Å². The Labute approximate surface area is 202 Å². The van der Waals surface area contributed by atoms with Crippen molar-refractivity contribution in [1.82, 2.24) is 25.2 Å². The number of nitrogens with one attached hydrogen (secondary N) is 2. The molecular weight excluding hydrogens is 482 g/mol. The van der Waals surface area contributed by atoms with E-state index in [-0.39, 0.29) is 22.5 Å². The minimum Gasteiger partial charge on any atom is -0.497 e. The van der Waals surface area contributed by atoms with E-state index in [0.717, 1.165) is 48.8 Å². The zero-order valence-electron chi connectivity index (χ0n) is 18.3. The van der Waals surface area contributed by atoms with Crippen LogP contribution in [0.2, 0.25) is 0 Å². The lowest BCUT2D eigenvalue weighted by Gasteiger charge is -2.15. The van der Waals surface area contributed by atoms with Gasteiger partial charge in [0, 0.05) is 18.5 Å². The van der Waals surface area contributed by atoms with E-state index in [0.29, 0.717) is 26.4 Å². The molecule has 0 bridgehead atoms. The standard InChI is InChI=1S/C20H21N7O5S2/c1-27-20(24-25-26-27)34-17-14(16(29)30)22-19(33-17)23-18(31)21-13-8-7-11(32-2)9-12(13)15(28)10-5-3-4-6-10/h7-10H,3-6H2,1-2H3,(H,29,30)(H2,21,22,23,31). The number of aromatic carboxylic acids is 1. The molecule has 4 rings (SSSR count). The Morgan fingerprint density at radius 3 is 2.65 bits per heavy atom. The second kappa shape index (κ2) is 10.2. The Bertz CT molecular complexity index is 1240. The van der Waals surface area contributed by atoms with Crippen LogP contribution in [0.15, 0.2) is 27.6 Å². The number of nitrogens with zero attached hydrogens (tertiary/aromatic N) is 5. The molecule has 12 nitrogen and oxygen atoms in total. The van der Waals surface area contributed by atoms with Crippen LogP contribution in [-0.4, -0.2) is 55.2 Å². The van der Waals surface area contributed by atoms with Gasteiger partial charge in [0.15, 0.2) is 16.6 Å². The van der Waals surface area contributed by atoms with Crippen molar-refractivity contribution < 1.29 is 24.2 Å². The van der Waals surface area contributed by atoms with Crippen LogP contribution < -0.4 is 15.4 Å². The van der Waals surface area contributed by atoms with Crippen molar-refractivity contribution >= 4 is 51.7 Å². The predicted molar refractivity (Wildman–Crippen MR) is 124 cm³/mol. The molecule has 0 radical (unpaired) electrons. The third-order valence-electron chi connectivity index (χ3n) is 5.25. The molecule has 0 aliphatic heterocycles. The number of Topliss-reactive ketones (excluding diaryl/α,β-unsaturated/α-hetero) is 1. The average Bonchev–Trinajstić information content (AvgIpc) is 3.56. The second-order valence-corrected chi connectivity index (χ2v) is 9.72. The van der Waals surface area contributed by atoms with Gasteiger partial charge in [0.25, 0.3) is 0 Å². The van der Waals surface area contributed by atoms with E-state index in [1.807, 2.05) is 0 Å². The van der Waals surface area contributed by atoms with E-state index in [2.05, 4.69) is 31.1 Å². The fourth-order valence-corrected chi connectivity index (χ4v) is 5.53. The number of aromatic nitrogens is 5. The van der Waals surface area contributed by atoms with Crippen LogP contribution in [0.4, 0.5) is 15.6 Å². The summed E-state index contributed by atoms with van der Waals surface area (Å²) in [7, 11) is 3.13. The van der Waals surface area contributed by atoms with Crippen molar-refractivity contribution in [3.8, 4) is 5.75 Å². The lowest BCUT2D eigenvalue weighted by Crippen LogP contribution is -2.22. The number of hydrogen-bond acceptors (Lipinski definition) is 10. The topological polar surface area (TPSA) is 161 Å². The minimum absolute atomic E-state index is 0.0370. The molecule has 178 valence electrons. The van der Waals surface area contributed by atoms with Gasteiger partial charge in [-0.3, -0.25) is 10.1 Å². The molecular formula is C20H21N7O5S2. The Hall–Kier alpha value is -3.52. The molecule has 0 saturated heterocycles. The summed E-state index contributed by atoms with van der Waals surface area (Å²) in [5.41, 5.74) is 0.484. The molecule has 3 N–H and O–H groups in total. The highest BCUT2D eigenvalue weighted by molar-refractivity contribution is 8.01. The van der Waals surface area contributed by atoms with E-state index >= 15 is 0 Å². The monoisotopic (exact) mass is 503 g/mol. The normalized spacial score (nSPS) is 13.6. The molecule has 0 atom stereocenters. The first-order chi connectivity index (χ1) is 16.4. The summed E-state index contributed by atoms with van der Waals surface area (Å²) in [6.45, 7) is 0.